The molecule has 0 saturated carbocycles. The first-order valence-corrected chi connectivity index (χ1v) is 5.42. The van der Waals surface area contributed by atoms with Gasteiger partial charge in [-0.3, -0.25) is 4.79 Å². The van der Waals surface area contributed by atoms with E-state index in [1.54, 1.807) is 32.4 Å². The number of hydrogen-bond acceptors (Lipinski definition) is 4. The van der Waals surface area contributed by atoms with Crippen LogP contribution in [0.4, 0.5) is 0 Å². The summed E-state index contributed by atoms with van der Waals surface area (Å²) in [6, 6.07) is 10.8. The Labute approximate surface area is 105 Å². The van der Waals surface area contributed by atoms with Crippen molar-refractivity contribution >= 4 is 6.29 Å². The first kappa shape index (κ1) is 12.1. The quantitative estimate of drug-likeness (QED) is 0.774. The van der Waals surface area contributed by atoms with E-state index in [4.69, 9.17) is 9.47 Å². The fraction of sp³-hybridized carbons (Fsp3) is 0.143. The maximum Gasteiger partial charge on any atom is 0.168 e. The van der Waals surface area contributed by atoms with Gasteiger partial charge in [-0.05, 0) is 24.3 Å². The highest BCUT2D eigenvalue weighted by atomic mass is 16.5. The molecule has 0 spiro atoms. The Kier molecular flexibility index (Phi) is 3.57. The van der Waals surface area contributed by atoms with Crippen molar-refractivity contribution in [2.75, 3.05) is 14.2 Å². The Bertz CT molecular complexity index is 544. The molecule has 0 amide bonds. The van der Waals surface area contributed by atoms with Gasteiger partial charge in [0.05, 0.1) is 19.9 Å². The molecule has 0 aliphatic rings. The van der Waals surface area contributed by atoms with E-state index < -0.39 is 0 Å². The Morgan fingerprint density at radius 3 is 2.28 bits per heavy atom. The summed E-state index contributed by atoms with van der Waals surface area (Å²) in [5, 5.41) is 0. The van der Waals surface area contributed by atoms with Gasteiger partial charge in [-0.2, -0.15) is 0 Å². The van der Waals surface area contributed by atoms with Crippen molar-refractivity contribution < 1.29 is 14.3 Å². The van der Waals surface area contributed by atoms with Gasteiger partial charge < -0.3 is 9.47 Å². The first-order valence-electron chi connectivity index (χ1n) is 5.42. The van der Waals surface area contributed by atoms with E-state index in [-0.39, 0.29) is 0 Å². The van der Waals surface area contributed by atoms with Crippen molar-refractivity contribution in [2.45, 2.75) is 0 Å². The maximum absolute atomic E-state index is 10.7. The van der Waals surface area contributed by atoms with Gasteiger partial charge in [0.15, 0.2) is 6.29 Å². The molecule has 0 atom stereocenters. The van der Waals surface area contributed by atoms with Crippen LogP contribution in [0.15, 0.2) is 36.4 Å². The molecule has 4 nitrogen and oxygen atoms in total. The largest absolute Gasteiger partial charge is 0.497 e. The summed E-state index contributed by atoms with van der Waals surface area (Å²) in [5.74, 6) is 1.37. The average molecular weight is 243 g/mol. The Hall–Kier alpha value is -2.36. The predicted octanol–water partition coefficient (Wildman–Crippen LogP) is 2.58. The number of ether oxygens (including phenoxy) is 2. The third kappa shape index (κ3) is 2.48. The highest BCUT2D eigenvalue weighted by Gasteiger charge is 2.06. The third-order valence-electron chi connectivity index (χ3n) is 2.54. The molecule has 0 bridgehead atoms. The first-order chi connectivity index (χ1) is 8.76. The van der Waals surface area contributed by atoms with E-state index in [1.807, 2.05) is 18.2 Å². The minimum atomic E-state index is 0.397. The Morgan fingerprint density at radius 2 is 1.72 bits per heavy atom. The van der Waals surface area contributed by atoms with Gasteiger partial charge in [-0.15, -0.1) is 0 Å². The molecule has 0 unspecified atom stereocenters. The summed E-state index contributed by atoms with van der Waals surface area (Å²) >= 11 is 0. The van der Waals surface area contributed by atoms with E-state index in [0.29, 0.717) is 22.9 Å². The van der Waals surface area contributed by atoms with Gasteiger partial charge in [0.2, 0.25) is 0 Å². The van der Waals surface area contributed by atoms with E-state index in [9.17, 15) is 4.79 Å². The zero-order valence-electron chi connectivity index (χ0n) is 10.2. The smallest absolute Gasteiger partial charge is 0.168 e. The standard InChI is InChI=1S/C14H13NO3/c1-17-12-6-10(7-13(8-12)18-2)14-5-3-4-11(9-16)15-14/h3-9H,1-2H3. The van der Waals surface area contributed by atoms with Crippen molar-refractivity contribution in [1.82, 2.24) is 4.98 Å². The van der Waals surface area contributed by atoms with Crippen LogP contribution in [-0.4, -0.2) is 25.5 Å². The van der Waals surface area contributed by atoms with E-state index >= 15 is 0 Å². The topological polar surface area (TPSA) is 48.4 Å². The zero-order chi connectivity index (χ0) is 13.0. The molecule has 0 saturated heterocycles. The Morgan fingerprint density at radius 1 is 1.06 bits per heavy atom. The number of benzene rings is 1. The molecule has 1 aromatic heterocycles. The number of methoxy groups -OCH3 is 2. The summed E-state index contributed by atoms with van der Waals surface area (Å²) in [6.07, 6.45) is 0.723. The molecule has 1 heterocycles. The lowest BCUT2D eigenvalue weighted by molar-refractivity contribution is 0.111. The number of carbonyl (C=O) groups is 1. The fourth-order valence-corrected chi connectivity index (χ4v) is 1.63. The second-order valence-corrected chi connectivity index (χ2v) is 3.67. The Balaban J connectivity index is 2.51. The number of rotatable bonds is 4. The molecule has 1 aromatic carbocycles. The van der Waals surface area contributed by atoms with Gasteiger partial charge in [0.25, 0.3) is 0 Å². The van der Waals surface area contributed by atoms with Crippen LogP contribution < -0.4 is 9.47 Å². The van der Waals surface area contributed by atoms with Crippen molar-refractivity contribution in [3.8, 4) is 22.8 Å². The molecule has 4 heteroatoms. The molecule has 2 aromatic rings. The highest BCUT2D eigenvalue weighted by molar-refractivity contribution is 5.74. The lowest BCUT2D eigenvalue weighted by Gasteiger charge is -2.08. The molecule has 0 N–H and O–H groups in total. The van der Waals surface area contributed by atoms with Crippen molar-refractivity contribution in [2.24, 2.45) is 0 Å². The molecule has 0 fully saturated rings. The average Bonchev–Trinajstić information content (AvgIpc) is 2.46. The maximum atomic E-state index is 10.7. The summed E-state index contributed by atoms with van der Waals surface area (Å²) in [6.45, 7) is 0. The molecule has 0 radical (unpaired) electrons. The van der Waals surface area contributed by atoms with Crippen LogP contribution in [0, 0.1) is 0 Å². The lowest BCUT2D eigenvalue weighted by atomic mass is 10.1. The molecule has 0 aliphatic heterocycles. The fourth-order valence-electron chi connectivity index (χ4n) is 1.63. The number of nitrogens with zero attached hydrogens (tertiary/aromatic N) is 1. The molecular weight excluding hydrogens is 230 g/mol. The summed E-state index contributed by atoms with van der Waals surface area (Å²) in [7, 11) is 3.18. The van der Waals surface area contributed by atoms with Crippen LogP contribution in [0.25, 0.3) is 11.3 Å². The predicted molar refractivity (Wildman–Crippen MR) is 68.2 cm³/mol. The second kappa shape index (κ2) is 5.31. The third-order valence-corrected chi connectivity index (χ3v) is 2.54. The van der Waals surface area contributed by atoms with Crippen molar-refractivity contribution in [3.05, 3.63) is 42.1 Å². The molecule has 18 heavy (non-hydrogen) atoms. The van der Waals surface area contributed by atoms with Gasteiger partial charge in [0.1, 0.15) is 17.2 Å². The number of aromatic nitrogens is 1. The minimum absolute atomic E-state index is 0.397. The number of pyridine rings is 1. The van der Waals surface area contributed by atoms with Crippen LogP contribution in [0.5, 0.6) is 11.5 Å². The van der Waals surface area contributed by atoms with Crippen LogP contribution in [0.2, 0.25) is 0 Å². The monoisotopic (exact) mass is 243 g/mol. The van der Waals surface area contributed by atoms with Crippen LogP contribution in [-0.2, 0) is 0 Å². The van der Waals surface area contributed by atoms with Crippen LogP contribution in [0.1, 0.15) is 10.5 Å². The molecule has 0 aliphatic carbocycles. The zero-order valence-corrected chi connectivity index (χ0v) is 10.2. The summed E-state index contributed by atoms with van der Waals surface area (Å²) in [5.41, 5.74) is 1.95. The lowest BCUT2D eigenvalue weighted by Crippen LogP contribution is -1.92. The van der Waals surface area contributed by atoms with E-state index in [0.717, 1.165) is 11.8 Å². The summed E-state index contributed by atoms with van der Waals surface area (Å²) in [4.78, 5) is 15.0. The normalized spacial score (nSPS) is 9.89. The van der Waals surface area contributed by atoms with Gasteiger partial charge in [-0.25, -0.2) is 4.98 Å². The van der Waals surface area contributed by atoms with Gasteiger partial charge in [-0.1, -0.05) is 6.07 Å². The molecule has 92 valence electrons. The SMILES string of the molecule is COc1cc(OC)cc(-c2cccc(C=O)n2)c1. The number of aldehydes is 1. The highest BCUT2D eigenvalue weighted by Crippen LogP contribution is 2.28. The van der Waals surface area contributed by atoms with Crippen LogP contribution in [0.3, 0.4) is 0 Å². The van der Waals surface area contributed by atoms with Gasteiger partial charge >= 0.3 is 0 Å². The van der Waals surface area contributed by atoms with Crippen molar-refractivity contribution in [3.63, 3.8) is 0 Å². The van der Waals surface area contributed by atoms with Crippen LogP contribution >= 0.6 is 0 Å². The molecule has 2 rings (SSSR count). The molecular formula is C14H13NO3. The summed E-state index contributed by atoms with van der Waals surface area (Å²) < 4.78 is 10.4. The van der Waals surface area contributed by atoms with Crippen molar-refractivity contribution in [1.29, 1.82) is 0 Å². The van der Waals surface area contributed by atoms with Gasteiger partial charge in [0, 0.05) is 11.6 Å². The second-order valence-electron chi connectivity index (χ2n) is 3.67. The number of carbonyl (C=O) groups excluding carboxylic acids is 1. The minimum Gasteiger partial charge on any atom is -0.497 e. The van der Waals surface area contributed by atoms with E-state index in [2.05, 4.69) is 4.98 Å². The van der Waals surface area contributed by atoms with E-state index in [1.165, 1.54) is 0 Å². The number of hydrogen-bond donors (Lipinski definition) is 0.